The fourth-order valence-corrected chi connectivity index (χ4v) is 3.78. The Hall–Kier alpha value is -0.930. The van der Waals surface area contributed by atoms with Crippen molar-refractivity contribution in [1.29, 1.82) is 0 Å². The highest BCUT2D eigenvalue weighted by atomic mass is 35.5. The van der Waals surface area contributed by atoms with E-state index in [1.807, 2.05) is 0 Å². The molecule has 0 spiro atoms. The first-order valence-corrected chi connectivity index (χ1v) is 8.14. The largest absolute Gasteiger partial charge is 0.297 e. The maximum absolute atomic E-state index is 13.5. The van der Waals surface area contributed by atoms with Gasteiger partial charge in [0.25, 0.3) is 0 Å². The van der Waals surface area contributed by atoms with Gasteiger partial charge in [0, 0.05) is 6.42 Å². The van der Waals surface area contributed by atoms with Crippen molar-refractivity contribution in [2.24, 2.45) is 0 Å². The summed E-state index contributed by atoms with van der Waals surface area (Å²) in [7, 11) is 0. The summed E-state index contributed by atoms with van der Waals surface area (Å²) in [5.41, 5.74) is 0.221. The zero-order valence-electron chi connectivity index (χ0n) is 12.8. The standard InChI is InChI=1S/C17H23ClFNO/c1-3-20(4-2)17(10-5-6-11-17)15(21)12-13-8-7-9-14(19)16(13)18/h7-9H,3-6,10-12H2,1-2H3. The highest BCUT2D eigenvalue weighted by Crippen LogP contribution is 2.37. The van der Waals surface area contributed by atoms with Crippen LogP contribution in [0.3, 0.4) is 0 Å². The van der Waals surface area contributed by atoms with Gasteiger partial charge in [0.1, 0.15) is 5.82 Å². The third kappa shape index (κ3) is 3.14. The molecule has 0 heterocycles. The summed E-state index contributed by atoms with van der Waals surface area (Å²) in [5.74, 6) is -0.276. The van der Waals surface area contributed by atoms with Crippen LogP contribution in [-0.2, 0) is 11.2 Å². The molecule has 1 aromatic rings. The fourth-order valence-electron chi connectivity index (χ4n) is 3.58. The lowest BCUT2D eigenvalue weighted by atomic mass is 9.86. The zero-order chi connectivity index (χ0) is 15.5. The summed E-state index contributed by atoms with van der Waals surface area (Å²) in [6.07, 6.45) is 4.19. The second kappa shape index (κ2) is 6.89. The summed E-state index contributed by atoms with van der Waals surface area (Å²) in [6, 6.07) is 4.68. The monoisotopic (exact) mass is 311 g/mol. The van der Waals surface area contributed by atoms with E-state index >= 15 is 0 Å². The molecule has 116 valence electrons. The molecule has 2 rings (SSSR count). The van der Waals surface area contributed by atoms with Crippen molar-refractivity contribution >= 4 is 17.4 Å². The molecule has 0 bridgehead atoms. The molecule has 0 aliphatic heterocycles. The van der Waals surface area contributed by atoms with Crippen LogP contribution in [0.2, 0.25) is 5.02 Å². The molecule has 2 nitrogen and oxygen atoms in total. The molecular formula is C17H23ClFNO. The topological polar surface area (TPSA) is 20.3 Å². The Morgan fingerprint density at radius 1 is 1.29 bits per heavy atom. The minimum atomic E-state index is -0.453. The van der Waals surface area contributed by atoms with Crippen molar-refractivity contribution in [3.8, 4) is 0 Å². The van der Waals surface area contributed by atoms with Crippen molar-refractivity contribution in [2.75, 3.05) is 13.1 Å². The maximum Gasteiger partial charge on any atom is 0.157 e. The highest BCUT2D eigenvalue weighted by molar-refractivity contribution is 6.31. The molecule has 0 N–H and O–H groups in total. The Morgan fingerprint density at radius 3 is 2.48 bits per heavy atom. The van der Waals surface area contributed by atoms with Crippen molar-refractivity contribution in [2.45, 2.75) is 51.5 Å². The van der Waals surface area contributed by atoms with E-state index in [2.05, 4.69) is 18.7 Å². The molecule has 1 aliphatic carbocycles. The van der Waals surface area contributed by atoms with Crippen LogP contribution in [0.4, 0.5) is 4.39 Å². The van der Waals surface area contributed by atoms with Crippen LogP contribution < -0.4 is 0 Å². The number of benzene rings is 1. The SMILES string of the molecule is CCN(CC)C1(C(=O)Cc2cccc(F)c2Cl)CCCC1. The molecule has 1 aliphatic rings. The zero-order valence-corrected chi connectivity index (χ0v) is 13.5. The molecule has 0 radical (unpaired) electrons. The number of Topliss-reactive ketones (excluding diaryl/α,β-unsaturated/α-hetero) is 1. The minimum absolute atomic E-state index is 0.0820. The number of hydrogen-bond donors (Lipinski definition) is 0. The van der Waals surface area contributed by atoms with Gasteiger partial charge in [0.15, 0.2) is 5.78 Å². The summed E-state index contributed by atoms with van der Waals surface area (Å²) >= 11 is 6.00. The van der Waals surface area contributed by atoms with E-state index in [4.69, 9.17) is 11.6 Å². The average Bonchev–Trinajstić information content (AvgIpc) is 2.96. The molecule has 1 aromatic carbocycles. The molecule has 0 amide bonds. The van der Waals surface area contributed by atoms with E-state index in [0.29, 0.717) is 5.56 Å². The quantitative estimate of drug-likeness (QED) is 0.783. The molecule has 0 unspecified atom stereocenters. The van der Waals surface area contributed by atoms with E-state index in [0.717, 1.165) is 38.8 Å². The van der Waals surface area contributed by atoms with Crippen LogP contribution in [0.1, 0.15) is 45.1 Å². The predicted octanol–water partition coefficient (Wildman–Crippen LogP) is 4.25. The number of likely N-dealkylation sites (N-methyl/N-ethyl adjacent to an activating group) is 1. The Balaban J connectivity index is 2.25. The number of halogens is 2. The second-order valence-corrected chi connectivity index (χ2v) is 6.10. The normalized spacial score (nSPS) is 17.4. The van der Waals surface area contributed by atoms with E-state index in [1.165, 1.54) is 6.07 Å². The molecule has 0 saturated heterocycles. The second-order valence-electron chi connectivity index (χ2n) is 5.72. The smallest absolute Gasteiger partial charge is 0.157 e. The van der Waals surface area contributed by atoms with Gasteiger partial charge in [0.05, 0.1) is 10.6 Å². The molecule has 21 heavy (non-hydrogen) atoms. The number of nitrogens with zero attached hydrogens (tertiary/aromatic N) is 1. The molecular weight excluding hydrogens is 289 g/mol. The third-order valence-electron chi connectivity index (χ3n) is 4.70. The van der Waals surface area contributed by atoms with E-state index in [9.17, 15) is 9.18 Å². The number of carbonyl (C=O) groups excluding carboxylic acids is 1. The van der Waals surface area contributed by atoms with Crippen LogP contribution in [0.25, 0.3) is 0 Å². The van der Waals surface area contributed by atoms with Crippen molar-refractivity contribution in [3.63, 3.8) is 0 Å². The van der Waals surface area contributed by atoms with Gasteiger partial charge in [-0.2, -0.15) is 0 Å². The van der Waals surface area contributed by atoms with Gasteiger partial charge in [-0.1, -0.05) is 50.4 Å². The van der Waals surface area contributed by atoms with Gasteiger partial charge in [-0.15, -0.1) is 0 Å². The molecule has 1 saturated carbocycles. The molecule has 0 aromatic heterocycles. The Bertz CT molecular complexity index is 508. The van der Waals surface area contributed by atoms with Gasteiger partial charge in [-0.3, -0.25) is 9.69 Å². The van der Waals surface area contributed by atoms with Gasteiger partial charge >= 0.3 is 0 Å². The molecule has 4 heteroatoms. The van der Waals surface area contributed by atoms with Crippen LogP contribution in [-0.4, -0.2) is 29.3 Å². The van der Waals surface area contributed by atoms with Gasteiger partial charge in [0.2, 0.25) is 0 Å². The predicted molar refractivity (Wildman–Crippen MR) is 84.2 cm³/mol. The van der Waals surface area contributed by atoms with E-state index in [1.54, 1.807) is 12.1 Å². The lowest BCUT2D eigenvalue weighted by Crippen LogP contribution is -2.53. The van der Waals surface area contributed by atoms with Gasteiger partial charge in [-0.25, -0.2) is 4.39 Å². The summed E-state index contributed by atoms with van der Waals surface area (Å²) in [5, 5.41) is 0.0820. The third-order valence-corrected chi connectivity index (χ3v) is 5.12. The lowest BCUT2D eigenvalue weighted by molar-refractivity contribution is -0.130. The van der Waals surface area contributed by atoms with Crippen molar-refractivity contribution in [1.82, 2.24) is 4.90 Å². The molecule has 1 fully saturated rings. The highest BCUT2D eigenvalue weighted by Gasteiger charge is 2.44. The molecule has 0 atom stereocenters. The van der Waals surface area contributed by atoms with E-state index < -0.39 is 5.82 Å². The lowest BCUT2D eigenvalue weighted by Gasteiger charge is -2.39. The Kier molecular flexibility index (Phi) is 5.39. The van der Waals surface area contributed by atoms with Crippen molar-refractivity contribution in [3.05, 3.63) is 34.6 Å². The number of rotatable bonds is 6. The first kappa shape index (κ1) is 16.4. The summed E-state index contributed by atoms with van der Waals surface area (Å²) in [4.78, 5) is 15.2. The average molecular weight is 312 g/mol. The summed E-state index contributed by atoms with van der Waals surface area (Å²) < 4.78 is 13.5. The minimum Gasteiger partial charge on any atom is -0.297 e. The fraction of sp³-hybridized carbons (Fsp3) is 0.588. The van der Waals surface area contributed by atoms with Gasteiger partial charge in [-0.05, 0) is 37.6 Å². The number of hydrogen-bond acceptors (Lipinski definition) is 2. The Labute approximate surface area is 131 Å². The first-order valence-electron chi connectivity index (χ1n) is 7.76. The number of carbonyl (C=O) groups is 1. The number of ketones is 1. The van der Waals surface area contributed by atoms with Crippen molar-refractivity contribution < 1.29 is 9.18 Å². The first-order chi connectivity index (χ1) is 10.0. The maximum atomic E-state index is 13.5. The van der Waals surface area contributed by atoms with Crippen LogP contribution in [0, 0.1) is 5.82 Å². The van der Waals surface area contributed by atoms with Crippen LogP contribution in [0.15, 0.2) is 18.2 Å². The van der Waals surface area contributed by atoms with E-state index in [-0.39, 0.29) is 22.8 Å². The Morgan fingerprint density at radius 2 is 1.90 bits per heavy atom. The van der Waals surface area contributed by atoms with Gasteiger partial charge < -0.3 is 0 Å². The summed E-state index contributed by atoms with van der Waals surface area (Å²) in [6.45, 7) is 5.90. The van der Waals surface area contributed by atoms with Crippen LogP contribution >= 0.6 is 11.6 Å². The van der Waals surface area contributed by atoms with Crippen LogP contribution in [0.5, 0.6) is 0 Å².